The number of anilines is 1. The highest BCUT2D eigenvalue weighted by atomic mass is 32.2. The lowest BCUT2D eigenvalue weighted by atomic mass is 10.1. The van der Waals surface area contributed by atoms with E-state index in [1.54, 1.807) is 32.9 Å². The van der Waals surface area contributed by atoms with Gasteiger partial charge < -0.3 is 15.1 Å². The number of amides is 1. The summed E-state index contributed by atoms with van der Waals surface area (Å²) in [5, 5.41) is 3.32. The van der Waals surface area contributed by atoms with Crippen molar-refractivity contribution < 1.29 is 13.2 Å². The molecule has 1 heterocycles. The highest BCUT2D eigenvalue weighted by molar-refractivity contribution is 7.89. The van der Waals surface area contributed by atoms with Gasteiger partial charge in [-0.05, 0) is 71.5 Å². The predicted octanol–water partition coefficient (Wildman–Crippen LogP) is 4.06. The monoisotopic (exact) mass is 498 g/mol. The maximum atomic E-state index is 13.4. The highest BCUT2D eigenvalue weighted by Gasteiger charge is 2.25. The lowest BCUT2D eigenvalue weighted by Gasteiger charge is -2.23. The Morgan fingerprint density at radius 1 is 1.03 bits per heavy atom. The molecule has 1 aliphatic heterocycles. The van der Waals surface area contributed by atoms with Crippen LogP contribution in [0.4, 0.5) is 5.69 Å². The first-order valence-corrected chi connectivity index (χ1v) is 13.5. The van der Waals surface area contributed by atoms with Gasteiger partial charge in [-0.3, -0.25) is 4.79 Å². The molecule has 1 amide bonds. The van der Waals surface area contributed by atoms with E-state index in [9.17, 15) is 13.2 Å². The van der Waals surface area contributed by atoms with Gasteiger partial charge in [-0.25, -0.2) is 13.1 Å². The maximum absolute atomic E-state index is 13.4. The third-order valence-electron chi connectivity index (χ3n) is 5.70. The molecule has 0 radical (unpaired) electrons. The molecule has 0 atom stereocenters. The van der Waals surface area contributed by atoms with E-state index in [1.165, 1.54) is 6.07 Å². The number of benzene rings is 2. The first-order valence-electron chi connectivity index (χ1n) is 12.1. The van der Waals surface area contributed by atoms with E-state index in [0.717, 1.165) is 30.6 Å². The number of hydrogen-bond acceptors (Lipinski definition) is 5. The highest BCUT2D eigenvalue weighted by Crippen LogP contribution is 2.23. The predicted molar refractivity (Wildman–Crippen MR) is 143 cm³/mol. The fraction of sp³-hybridized carbons (Fsp3) is 0.444. The van der Waals surface area contributed by atoms with Crippen LogP contribution in [0.2, 0.25) is 0 Å². The average Bonchev–Trinajstić information content (AvgIpc) is 3.00. The lowest BCUT2D eigenvalue weighted by Crippen LogP contribution is -2.40. The van der Waals surface area contributed by atoms with Gasteiger partial charge in [0.25, 0.3) is 5.91 Å². The normalized spacial score (nSPS) is 16.1. The van der Waals surface area contributed by atoms with Crippen LogP contribution in [0.25, 0.3) is 6.08 Å². The Morgan fingerprint density at radius 3 is 2.43 bits per heavy atom. The number of sulfonamides is 1. The van der Waals surface area contributed by atoms with Crippen molar-refractivity contribution in [2.75, 3.05) is 45.1 Å². The summed E-state index contributed by atoms with van der Waals surface area (Å²) in [5.41, 5.74) is 2.51. The molecule has 1 saturated heterocycles. The Labute approximate surface area is 210 Å². The Bertz CT molecular complexity index is 1150. The van der Waals surface area contributed by atoms with E-state index in [0.29, 0.717) is 30.9 Å². The molecule has 0 bridgehead atoms. The number of nitrogens with one attached hydrogen (secondary N) is 2. The zero-order valence-electron chi connectivity index (χ0n) is 21.5. The molecule has 190 valence electrons. The SMILES string of the molecule is CC(=Cc1ccccc1)CNc1cc(C(=O)N2CCCN(C)CC2)cc(S(=O)(=O)NC(C)(C)C)c1. The molecule has 1 fully saturated rings. The molecule has 3 rings (SSSR count). The summed E-state index contributed by atoms with van der Waals surface area (Å²) in [7, 11) is -1.77. The standard InChI is InChI=1S/C27H38N4O3S/c1-21(16-22-10-7-6-8-11-22)20-28-24-17-23(26(32)31-13-9-12-30(5)14-15-31)18-25(19-24)35(33,34)29-27(2,3)4/h6-8,10-11,16-19,28-29H,9,12-15,20H2,1-5H3. The van der Waals surface area contributed by atoms with E-state index < -0.39 is 15.6 Å². The van der Waals surface area contributed by atoms with Crippen LogP contribution in [0.5, 0.6) is 0 Å². The molecule has 0 saturated carbocycles. The quantitative estimate of drug-likeness (QED) is 0.602. The van der Waals surface area contributed by atoms with Crippen LogP contribution in [-0.2, 0) is 10.0 Å². The summed E-state index contributed by atoms with van der Waals surface area (Å²) in [5.74, 6) is -0.146. The Kier molecular flexibility index (Phi) is 8.74. The second-order valence-corrected chi connectivity index (χ2v) is 12.0. The third kappa shape index (κ3) is 8.19. The molecule has 1 aliphatic rings. The molecule has 0 unspecified atom stereocenters. The van der Waals surface area contributed by atoms with Gasteiger partial charge in [-0.15, -0.1) is 0 Å². The number of carbonyl (C=O) groups is 1. The second-order valence-electron chi connectivity index (χ2n) is 10.3. The lowest BCUT2D eigenvalue weighted by molar-refractivity contribution is 0.0762. The van der Waals surface area contributed by atoms with Gasteiger partial charge in [0.15, 0.2) is 0 Å². The number of likely N-dealkylation sites (N-methyl/N-ethyl adjacent to an activating group) is 1. The number of hydrogen-bond donors (Lipinski definition) is 2. The summed E-state index contributed by atoms with van der Waals surface area (Å²) in [6.07, 6.45) is 2.97. The van der Waals surface area contributed by atoms with Crippen LogP contribution in [0.1, 0.15) is 50.0 Å². The van der Waals surface area contributed by atoms with Gasteiger partial charge in [-0.2, -0.15) is 0 Å². The molecule has 8 heteroatoms. The van der Waals surface area contributed by atoms with Gasteiger partial charge in [0, 0.05) is 43.0 Å². The number of nitrogens with zero attached hydrogens (tertiary/aromatic N) is 2. The van der Waals surface area contributed by atoms with E-state index in [-0.39, 0.29) is 10.8 Å². The Hall–Kier alpha value is -2.68. The zero-order valence-corrected chi connectivity index (χ0v) is 22.3. The molecule has 7 nitrogen and oxygen atoms in total. The molecular weight excluding hydrogens is 460 g/mol. The summed E-state index contributed by atoms with van der Waals surface area (Å²) in [6, 6.07) is 14.9. The van der Waals surface area contributed by atoms with Gasteiger partial charge >= 0.3 is 0 Å². The minimum absolute atomic E-state index is 0.0809. The minimum Gasteiger partial charge on any atom is -0.381 e. The molecular formula is C27H38N4O3S. The molecule has 0 aliphatic carbocycles. The fourth-order valence-corrected chi connectivity index (χ4v) is 5.49. The summed E-state index contributed by atoms with van der Waals surface area (Å²) >= 11 is 0. The Morgan fingerprint density at radius 2 is 1.74 bits per heavy atom. The topological polar surface area (TPSA) is 81.8 Å². The van der Waals surface area contributed by atoms with Crippen molar-refractivity contribution in [1.29, 1.82) is 0 Å². The van der Waals surface area contributed by atoms with Crippen LogP contribution >= 0.6 is 0 Å². The number of carbonyl (C=O) groups excluding carboxylic acids is 1. The summed E-state index contributed by atoms with van der Waals surface area (Å²) in [6.45, 7) is 10.9. The van der Waals surface area contributed by atoms with E-state index in [1.807, 2.05) is 49.2 Å². The van der Waals surface area contributed by atoms with Crippen LogP contribution in [0, 0.1) is 0 Å². The largest absolute Gasteiger partial charge is 0.381 e. The van der Waals surface area contributed by atoms with Crippen molar-refractivity contribution in [1.82, 2.24) is 14.5 Å². The van der Waals surface area contributed by atoms with Gasteiger partial charge in [0.2, 0.25) is 10.0 Å². The van der Waals surface area contributed by atoms with Crippen molar-refractivity contribution in [3.8, 4) is 0 Å². The van der Waals surface area contributed by atoms with Crippen LogP contribution in [0.15, 0.2) is 59.0 Å². The first-order chi connectivity index (χ1) is 16.4. The van der Waals surface area contributed by atoms with E-state index in [2.05, 4.69) is 21.0 Å². The molecule has 2 N–H and O–H groups in total. The van der Waals surface area contributed by atoms with Crippen LogP contribution in [-0.4, -0.2) is 69.4 Å². The van der Waals surface area contributed by atoms with Crippen molar-refractivity contribution in [3.63, 3.8) is 0 Å². The van der Waals surface area contributed by atoms with Crippen LogP contribution < -0.4 is 10.0 Å². The average molecular weight is 499 g/mol. The van der Waals surface area contributed by atoms with Crippen molar-refractivity contribution >= 4 is 27.7 Å². The zero-order chi connectivity index (χ0) is 25.6. The van der Waals surface area contributed by atoms with Crippen LogP contribution in [0.3, 0.4) is 0 Å². The molecule has 2 aromatic rings. The minimum atomic E-state index is -3.81. The molecule has 0 spiro atoms. The van der Waals surface area contributed by atoms with Gasteiger partial charge in [0.05, 0.1) is 4.90 Å². The maximum Gasteiger partial charge on any atom is 0.254 e. The van der Waals surface area contributed by atoms with Crippen molar-refractivity contribution in [3.05, 3.63) is 65.2 Å². The van der Waals surface area contributed by atoms with E-state index in [4.69, 9.17) is 0 Å². The summed E-state index contributed by atoms with van der Waals surface area (Å²) in [4.78, 5) is 17.5. The van der Waals surface area contributed by atoms with Gasteiger partial charge in [-0.1, -0.05) is 42.0 Å². The second kappa shape index (κ2) is 11.4. The first kappa shape index (κ1) is 26.9. The molecule has 2 aromatic carbocycles. The van der Waals surface area contributed by atoms with Gasteiger partial charge in [0.1, 0.15) is 0 Å². The number of rotatable bonds is 7. The fourth-order valence-electron chi connectivity index (χ4n) is 4.00. The summed E-state index contributed by atoms with van der Waals surface area (Å²) < 4.78 is 29.0. The smallest absolute Gasteiger partial charge is 0.254 e. The van der Waals surface area contributed by atoms with E-state index >= 15 is 0 Å². The Balaban J connectivity index is 1.90. The van der Waals surface area contributed by atoms with Crippen molar-refractivity contribution in [2.24, 2.45) is 0 Å². The molecule has 0 aromatic heterocycles. The molecule has 35 heavy (non-hydrogen) atoms. The van der Waals surface area contributed by atoms with Crippen molar-refractivity contribution in [2.45, 2.75) is 44.6 Å². The third-order valence-corrected chi connectivity index (χ3v) is 7.43.